The van der Waals surface area contributed by atoms with E-state index in [0.29, 0.717) is 41.4 Å². The van der Waals surface area contributed by atoms with Gasteiger partial charge in [0.25, 0.3) is 5.91 Å². The van der Waals surface area contributed by atoms with Crippen molar-refractivity contribution in [3.63, 3.8) is 0 Å². The molecule has 34 heavy (non-hydrogen) atoms. The lowest BCUT2D eigenvalue weighted by Gasteiger charge is -2.34. The summed E-state index contributed by atoms with van der Waals surface area (Å²) >= 11 is 0. The van der Waals surface area contributed by atoms with Crippen LogP contribution in [0.15, 0.2) is 82.3 Å². The Morgan fingerprint density at radius 2 is 1.71 bits per heavy atom. The summed E-state index contributed by atoms with van der Waals surface area (Å²) in [5.41, 5.74) is 1.79. The van der Waals surface area contributed by atoms with Crippen molar-refractivity contribution in [3.8, 4) is 17.2 Å². The van der Waals surface area contributed by atoms with Crippen LogP contribution in [0.3, 0.4) is 0 Å². The first-order valence-corrected chi connectivity index (χ1v) is 12.3. The maximum atomic E-state index is 13.5. The second-order valence-corrected chi connectivity index (χ2v) is 9.86. The van der Waals surface area contributed by atoms with E-state index in [9.17, 15) is 13.2 Å². The number of ether oxygens (including phenoxy) is 1. The van der Waals surface area contributed by atoms with E-state index in [4.69, 9.17) is 9.15 Å². The zero-order valence-electron chi connectivity index (χ0n) is 18.5. The second-order valence-electron chi connectivity index (χ2n) is 7.92. The van der Waals surface area contributed by atoms with Gasteiger partial charge in [0.1, 0.15) is 11.4 Å². The van der Waals surface area contributed by atoms with Crippen molar-refractivity contribution in [2.75, 3.05) is 33.3 Å². The van der Waals surface area contributed by atoms with Gasteiger partial charge in [0, 0.05) is 31.6 Å². The molecule has 1 amide bonds. The molecule has 0 unspecified atom stereocenters. The van der Waals surface area contributed by atoms with Gasteiger partial charge in [0.2, 0.25) is 10.0 Å². The number of hydrogen-bond acceptors (Lipinski definition) is 6. The van der Waals surface area contributed by atoms with E-state index in [2.05, 4.69) is 4.98 Å². The average Bonchev–Trinajstić information content (AvgIpc) is 3.43. The molecule has 0 bridgehead atoms. The van der Waals surface area contributed by atoms with Crippen LogP contribution in [0.1, 0.15) is 10.4 Å². The maximum absolute atomic E-state index is 13.5. The zero-order chi connectivity index (χ0) is 23.7. The summed E-state index contributed by atoms with van der Waals surface area (Å²) in [6, 6.07) is 19.1. The van der Waals surface area contributed by atoms with E-state index >= 15 is 0 Å². The summed E-state index contributed by atoms with van der Waals surface area (Å²) in [5.74, 6) is 1.01. The van der Waals surface area contributed by atoms with E-state index in [0.717, 1.165) is 5.39 Å². The van der Waals surface area contributed by atoms with E-state index in [1.165, 1.54) is 23.5 Å². The minimum absolute atomic E-state index is 0.159. The standard InChI is InChI=1S/C25H23N3O5S/c1-32-18-8-10-19(11-9-18)34(30,31)28-14-12-27(13-15-28)25(29)21-17-23(24-7-4-16-33-24)26-22-6-3-2-5-20(21)22/h2-11,16-17H,12-15H2,1H3. The first kappa shape index (κ1) is 22.1. The van der Waals surface area contributed by atoms with Crippen molar-refractivity contribution in [2.45, 2.75) is 4.90 Å². The number of sulfonamides is 1. The molecule has 1 aliphatic heterocycles. The third-order valence-electron chi connectivity index (χ3n) is 5.94. The molecule has 2 aromatic heterocycles. The number of furan rings is 1. The SMILES string of the molecule is COc1ccc(S(=O)(=O)N2CCN(C(=O)c3cc(-c4ccco4)nc4ccccc34)CC2)cc1. The van der Waals surface area contributed by atoms with Gasteiger partial charge in [0.05, 0.1) is 29.3 Å². The Balaban J connectivity index is 1.38. The van der Waals surface area contributed by atoms with Gasteiger partial charge in [0.15, 0.2) is 5.76 Å². The Bertz CT molecular complexity index is 1430. The van der Waals surface area contributed by atoms with Crippen molar-refractivity contribution in [2.24, 2.45) is 0 Å². The minimum Gasteiger partial charge on any atom is -0.497 e. The Labute approximate surface area is 197 Å². The van der Waals surface area contributed by atoms with Gasteiger partial charge in [-0.3, -0.25) is 4.79 Å². The van der Waals surface area contributed by atoms with Gasteiger partial charge in [-0.05, 0) is 48.5 Å². The molecule has 0 saturated carbocycles. The predicted octanol–water partition coefficient (Wildman–Crippen LogP) is 3.65. The van der Waals surface area contributed by atoms with Gasteiger partial charge in [-0.1, -0.05) is 18.2 Å². The second kappa shape index (κ2) is 8.92. The van der Waals surface area contributed by atoms with Crippen LogP contribution >= 0.6 is 0 Å². The molecule has 3 heterocycles. The van der Waals surface area contributed by atoms with Crippen LogP contribution in [0, 0.1) is 0 Å². The van der Waals surface area contributed by atoms with Gasteiger partial charge in [-0.15, -0.1) is 0 Å². The lowest BCUT2D eigenvalue weighted by atomic mass is 10.1. The highest BCUT2D eigenvalue weighted by atomic mass is 32.2. The predicted molar refractivity (Wildman–Crippen MR) is 127 cm³/mol. The highest BCUT2D eigenvalue weighted by molar-refractivity contribution is 7.89. The number of para-hydroxylation sites is 1. The summed E-state index contributed by atoms with van der Waals surface area (Å²) < 4.78 is 38.1. The fourth-order valence-corrected chi connectivity index (χ4v) is 5.52. The molecule has 0 aliphatic carbocycles. The van der Waals surface area contributed by atoms with Crippen LogP contribution < -0.4 is 4.74 Å². The Morgan fingerprint density at radius 3 is 2.38 bits per heavy atom. The molecule has 1 saturated heterocycles. The molecule has 174 valence electrons. The number of rotatable bonds is 5. The maximum Gasteiger partial charge on any atom is 0.254 e. The van der Waals surface area contributed by atoms with Crippen molar-refractivity contribution >= 4 is 26.8 Å². The molecule has 4 aromatic rings. The monoisotopic (exact) mass is 477 g/mol. The number of hydrogen-bond donors (Lipinski definition) is 0. The summed E-state index contributed by atoms with van der Waals surface area (Å²) in [5, 5.41) is 0.746. The number of fused-ring (bicyclic) bond motifs is 1. The Hall–Kier alpha value is -3.69. The van der Waals surface area contributed by atoms with Crippen LogP contribution in [0.4, 0.5) is 0 Å². The normalized spacial score (nSPS) is 14.9. The molecular weight excluding hydrogens is 454 g/mol. The van der Waals surface area contributed by atoms with Crippen molar-refractivity contribution in [1.29, 1.82) is 0 Å². The highest BCUT2D eigenvalue weighted by Gasteiger charge is 2.31. The van der Waals surface area contributed by atoms with E-state index in [1.54, 1.807) is 41.5 Å². The largest absolute Gasteiger partial charge is 0.497 e. The molecule has 0 spiro atoms. The number of methoxy groups -OCH3 is 1. The quantitative estimate of drug-likeness (QED) is 0.436. The van der Waals surface area contributed by atoms with Gasteiger partial charge in [-0.25, -0.2) is 13.4 Å². The molecular formula is C25H23N3O5S. The Morgan fingerprint density at radius 1 is 0.971 bits per heavy atom. The average molecular weight is 478 g/mol. The lowest BCUT2D eigenvalue weighted by molar-refractivity contribution is 0.0700. The zero-order valence-corrected chi connectivity index (χ0v) is 19.4. The number of nitrogens with zero attached hydrogens (tertiary/aromatic N) is 3. The number of amides is 1. The van der Waals surface area contributed by atoms with Gasteiger partial charge < -0.3 is 14.1 Å². The third kappa shape index (κ3) is 4.04. The fourth-order valence-electron chi connectivity index (χ4n) is 4.10. The topological polar surface area (TPSA) is 93.0 Å². The van der Waals surface area contributed by atoms with Crippen LogP contribution in [0.2, 0.25) is 0 Å². The molecule has 1 fully saturated rings. The molecule has 5 rings (SSSR count). The summed E-state index contributed by atoms with van der Waals surface area (Å²) in [4.78, 5) is 20.0. The summed E-state index contributed by atoms with van der Waals surface area (Å²) in [7, 11) is -2.12. The molecule has 0 N–H and O–H groups in total. The number of piperazine rings is 1. The summed E-state index contributed by atoms with van der Waals surface area (Å²) in [6.07, 6.45) is 1.57. The van der Waals surface area contributed by atoms with Gasteiger partial charge in [-0.2, -0.15) is 4.31 Å². The molecule has 8 nitrogen and oxygen atoms in total. The van der Waals surface area contributed by atoms with Crippen LogP contribution in [-0.4, -0.2) is 61.8 Å². The first-order chi connectivity index (χ1) is 16.5. The molecule has 0 radical (unpaired) electrons. The number of aromatic nitrogens is 1. The van der Waals surface area contributed by atoms with E-state index in [1.807, 2.05) is 24.3 Å². The van der Waals surface area contributed by atoms with Crippen molar-refractivity contribution < 1.29 is 22.4 Å². The smallest absolute Gasteiger partial charge is 0.254 e. The molecule has 2 aromatic carbocycles. The number of pyridine rings is 1. The van der Waals surface area contributed by atoms with Crippen LogP contribution in [0.25, 0.3) is 22.4 Å². The number of benzene rings is 2. The number of carbonyl (C=O) groups excluding carboxylic acids is 1. The first-order valence-electron chi connectivity index (χ1n) is 10.8. The lowest BCUT2D eigenvalue weighted by Crippen LogP contribution is -2.50. The highest BCUT2D eigenvalue weighted by Crippen LogP contribution is 2.27. The van der Waals surface area contributed by atoms with Crippen LogP contribution in [0.5, 0.6) is 5.75 Å². The third-order valence-corrected chi connectivity index (χ3v) is 7.86. The van der Waals surface area contributed by atoms with Crippen molar-refractivity contribution in [3.05, 3.63) is 78.6 Å². The Kier molecular flexibility index (Phi) is 5.80. The van der Waals surface area contributed by atoms with Gasteiger partial charge >= 0.3 is 0 Å². The van der Waals surface area contributed by atoms with Crippen molar-refractivity contribution in [1.82, 2.24) is 14.2 Å². The molecule has 1 aliphatic rings. The minimum atomic E-state index is -3.65. The molecule has 0 atom stereocenters. The fraction of sp³-hybridized carbons (Fsp3) is 0.200. The van der Waals surface area contributed by atoms with E-state index < -0.39 is 10.0 Å². The number of carbonyl (C=O) groups is 1. The summed E-state index contributed by atoms with van der Waals surface area (Å²) in [6.45, 7) is 1.02. The molecule has 9 heteroatoms. The van der Waals surface area contributed by atoms with Crippen LogP contribution in [-0.2, 0) is 10.0 Å². The van der Waals surface area contributed by atoms with E-state index in [-0.39, 0.29) is 23.9 Å².